The van der Waals surface area contributed by atoms with Gasteiger partial charge in [-0.1, -0.05) is 18.6 Å². The maximum Gasteiger partial charge on any atom is 0.325 e. The van der Waals surface area contributed by atoms with Crippen LogP contribution in [-0.4, -0.2) is 109 Å². The monoisotopic (exact) mass is 568 g/mol. The standard InChI is InChI=1S/C33H52N4O4/c1-7-27-20-29(40-31(38)22-34-11-15-36(16-12-34)24(2)3)33(28-10-8-9-26(6)19-28)30(21-27)41-32(39)23-35-13-17-37(18-14-35)25(4)5/h19-21,24-25,28H,7-18,22-23H2,1-6H3. The zero-order valence-corrected chi connectivity index (χ0v) is 26.3. The summed E-state index contributed by atoms with van der Waals surface area (Å²) in [6, 6.07) is 4.98. The molecule has 0 bridgehead atoms. The minimum absolute atomic E-state index is 0.0458. The van der Waals surface area contributed by atoms with Crippen LogP contribution in [-0.2, 0) is 16.0 Å². The van der Waals surface area contributed by atoms with Crippen LogP contribution in [0.4, 0.5) is 0 Å². The third kappa shape index (κ3) is 8.87. The number of piperazine rings is 2. The van der Waals surface area contributed by atoms with Gasteiger partial charge in [-0.3, -0.25) is 29.2 Å². The van der Waals surface area contributed by atoms with E-state index < -0.39 is 0 Å². The van der Waals surface area contributed by atoms with Crippen molar-refractivity contribution in [1.29, 1.82) is 0 Å². The predicted molar refractivity (Wildman–Crippen MR) is 164 cm³/mol. The molecule has 1 atom stereocenters. The highest BCUT2D eigenvalue weighted by Gasteiger charge is 2.28. The maximum atomic E-state index is 13.3. The van der Waals surface area contributed by atoms with Crippen molar-refractivity contribution in [2.24, 2.45) is 0 Å². The Morgan fingerprint density at radius 2 is 1.27 bits per heavy atom. The second-order valence-corrected chi connectivity index (χ2v) is 12.6. The SMILES string of the molecule is CCc1cc(OC(=O)CN2CCN(C(C)C)CC2)c(C2C=C(C)CCC2)c(OC(=O)CN2CCN(C(C)C)CC2)c1. The molecular weight excluding hydrogens is 516 g/mol. The molecule has 8 nitrogen and oxygen atoms in total. The van der Waals surface area contributed by atoms with E-state index in [4.69, 9.17) is 9.47 Å². The Kier molecular flexibility index (Phi) is 11.4. The lowest BCUT2D eigenvalue weighted by Crippen LogP contribution is -2.50. The van der Waals surface area contributed by atoms with Crippen LogP contribution in [0.15, 0.2) is 23.8 Å². The number of ether oxygens (including phenoxy) is 2. The van der Waals surface area contributed by atoms with Gasteiger partial charge < -0.3 is 9.47 Å². The number of carbonyl (C=O) groups excluding carboxylic acids is 2. The fourth-order valence-corrected chi connectivity index (χ4v) is 6.28. The van der Waals surface area contributed by atoms with Gasteiger partial charge >= 0.3 is 11.9 Å². The first-order chi connectivity index (χ1) is 19.6. The van der Waals surface area contributed by atoms with E-state index in [9.17, 15) is 9.59 Å². The van der Waals surface area contributed by atoms with Crippen molar-refractivity contribution in [3.63, 3.8) is 0 Å². The smallest absolute Gasteiger partial charge is 0.325 e. The number of hydrogen-bond donors (Lipinski definition) is 0. The summed E-state index contributed by atoms with van der Waals surface area (Å²) in [5, 5.41) is 0. The quantitative estimate of drug-likeness (QED) is 0.235. The second-order valence-electron chi connectivity index (χ2n) is 12.6. The van der Waals surface area contributed by atoms with Gasteiger partial charge in [0.25, 0.3) is 0 Å². The van der Waals surface area contributed by atoms with Crippen molar-refractivity contribution in [1.82, 2.24) is 19.6 Å². The summed E-state index contributed by atoms with van der Waals surface area (Å²) in [4.78, 5) is 35.7. The molecule has 0 saturated carbocycles. The molecule has 3 aliphatic rings. The molecule has 0 aromatic heterocycles. The highest BCUT2D eigenvalue weighted by molar-refractivity contribution is 5.78. The molecule has 4 rings (SSSR count). The third-order valence-electron chi connectivity index (χ3n) is 8.94. The average Bonchev–Trinajstić information content (AvgIpc) is 2.93. The summed E-state index contributed by atoms with van der Waals surface area (Å²) < 4.78 is 12.3. The summed E-state index contributed by atoms with van der Waals surface area (Å²) in [5.74, 6) is 0.618. The van der Waals surface area contributed by atoms with Gasteiger partial charge in [-0.05, 0) is 78.0 Å². The molecule has 1 aromatic carbocycles. The van der Waals surface area contributed by atoms with Gasteiger partial charge in [0.05, 0.1) is 13.1 Å². The lowest BCUT2D eigenvalue weighted by Gasteiger charge is -2.36. The topological polar surface area (TPSA) is 65.6 Å². The number of carbonyl (C=O) groups is 2. The van der Waals surface area contributed by atoms with Gasteiger partial charge in [0.1, 0.15) is 11.5 Å². The van der Waals surface area contributed by atoms with Gasteiger partial charge in [0, 0.05) is 75.9 Å². The summed E-state index contributed by atoms with van der Waals surface area (Å²) in [5.41, 5.74) is 3.14. The minimum atomic E-state index is -0.255. The molecule has 0 radical (unpaired) electrons. The van der Waals surface area contributed by atoms with Crippen molar-refractivity contribution in [3.05, 3.63) is 34.9 Å². The fourth-order valence-electron chi connectivity index (χ4n) is 6.28. The molecule has 2 aliphatic heterocycles. The first-order valence-electron chi connectivity index (χ1n) is 15.8. The molecular formula is C33H52N4O4. The number of benzene rings is 1. The lowest BCUT2D eigenvalue weighted by molar-refractivity contribution is -0.136. The molecule has 1 aromatic rings. The summed E-state index contributed by atoms with van der Waals surface area (Å²) in [7, 11) is 0. The Balaban J connectivity index is 1.51. The van der Waals surface area contributed by atoms with E-state index in [1.54, 1.807) is 0 Å². The molecule has 8 heteroatoms. The van der Waals surface area contributed by atoms with Crippen LogP contribution in [0.25, 0.3) is 0 Å². The predicted octanol–water partition coefficient (Wildman–Crippen LogP) is 4.33. The zero-order valence-electron chi connectivity index (χ0n) is 26.3. The van der Waals surface area contributed by atoms with E-state index in [1.807, 2.05) is 12.1 Å². The normalized spacial score (nSPS) is 21.8. The molecule has 1 unspecified atom stereocenters. The minimum Gasteiger partial charge on any atom is -0.425 e. The number of esters is 2. The van der Waals surface area contributed by atoms with Crippen LogP contribution in [0.5, 0.6) is 11.5 Å². The van der Waals surface area contributed by atoms with Crippen LogP contribution in [0, 0.1) is 0 Å². The number of hydrogen-bond acceptors (Lipinski definition) is 8. The van der Waals surface area contributed by atoms with E-state index in [0.29, 0.717) is 23.6 Å². The number of allylic oxidation sites excluding steroid dienone is 2. The largest absolute Gasteiger partial charge is 0.425 e. The lowest BCUT2D eigenvalue weighted by atomic mass is 9.84. The molecule has 0 N–H and O–H groups in total. The van der Waals surface area contributed by atoms with E-state index >= 15 is 0 Å². The highest BCUT2D eigenvalue weighted by Crippen LogP contribution is 2.43. The Morgan fingerprint density at radius 3 is 1.66 bits per heavy atom. The van der Waals surface area contributed by atoms with Gasteiger partial charge in [-0.25, -0.2) is 0 Å². The van der Waals surface area contributed by atoms with Crippen molar-refractivity contribution in [3.8, 4) is 11.5 Å². The molecule has 2 fully saturated rings. The third-order valence-corrected chi connectivity index (χ3v) is 8.94. The van der Waals surface area contributed by atoms with E-state index in [1.165, 1.54) is 5.57 Å². The molecule has 228 valence electrons. The molecule has 1 aliphatic carbocycles. The Morgan fingerprint density at radius 1 is 0.805 bits per heavy atom. The summed E-state index contributed by atoms with van der Waals surface area (Å²) in [6.45, 7) is 20.9. The van der Waals surface area contributed by atoms with Gasteiger partial charge in [0.15, 0.2) is 0 Å². The van der Waals surface area contributed by atoms with Crippen molar-refractivity contribution in [2.45, 2.75) is 85.2 Å². The zero-order chi connectivity index (χ0) is 29.5. The Bertz CT molecular complexity index is 1000. The van der Waals surface area contributed by atoms with Crippen molar-refractivity contribution < 1.29 is 19.1 Å². The Labute approximate surface area is 247 Å². The maximum absolute atomic E-state index is 13.3. The van der Waals surface area contributed by atoms with Gasteiger partial charge in [0.2, 0.25) is 0 Å². The Hall–Kier alpha value is -2.26. The van der Waals surface area contributed by atoms with Crippen LogP contribution in [0.1, 0.15) is 77.8 Å². The van der Waals surface area contributed by atoms with E-state index in [0.717, 1.165) is 89.2 Å². The molecule has 2 saturated heterocycles. The van der Waals surface area contributed by atoms with Crippen molar-refractivity contribution >= 4 is 11.9 Å². The van der Waals surface area contributed by atoms with Crippen LogP contribution >= 0.6 is 0 Å². The van der Waals surface area contributed by atoms with Crippen LogP contribution < -0.4 is 9.47 Å². The number of aryl methyl sites for hydroxylation is 1. The number of rotatable bonds is 10. The molecule has 2 heterocycles. The number of nitrogens with zero attached hydrogens (tertiary/aromatic N) is 4. The highest BCUT2D eigenvalue weighted by atomic mass is 16.5. The second kappa shape index (κ2) is 14.8. The molecule has 0 amide bonds. The average molecular weight is 569 g/mol. The van der Waals surface area contributed by atoms with E-state index in [-0.39, 0.29) is 30.9 Å². The first kappa shape index (κ1) is 31.7. The van der Waals surface area contributed by atoms with Crippen LogP contribution in [0.3, 0.4) is 0 Å². The fraction of sp³-hybridized carbons (Fsp3) is 0.697. The van der Waals surface area contributed by atoms with Gasteiger partial charge in [-0.2, -0.15) is 0 Å². The van der Waals surface area contributed by atoms with Gasteiger partial charge in [-0.15, -0.1) is 0 Å². The molecule has 0 spiro atoms. The first-order valence-corrected chi connectivity index (χ1v) is 15.8. The molecule has 41 heavy (non-hydrogen) atoms. The van der Waals surface area contributed by atoms with Crippen LogP contribution in [0.2, 0.25) is 0 Å². The van der Waals surface area contributed by atoms with Crippen molar-refractivity contribution in [2.75, 3.05) is 65.4 Å². The summed E-state index contributed by atoms with van der Waals surface area (Å²) in [6.07, 6.45) is 6.08. The summed E-state index contributed by atoms with van der Waals surface area (Å²) >= 11 is 0. The van der Waals surface area contributed by atoms with E-state index in [2.05, 4.69) is 67.2 Å².